The van der Waals surface area contributed by atoms with Crippen molar-refractivity contribution in [2.24, 2.45) is 5.92 Å². The quantitative estimate of drug-likeness (QED) is 0.628. The highest BCUT2D eigenvalue weighted by Gasteiger charge is 2.11. The molecule has 1 amide bonds. The first kappa shape index (κ1) is 19.8. The van der Waals surface area contributed by atoms with E-state index in [2.05, 4.69) is 11.4 Å². The normalized spacial score (nSPS) is 11.6. The zero-order chi connectivity index (χ0) is 17.8. The largest absolute Gasteiger partial charge is 0.494 e. The first-order valence-corrected chi connectivity index (χ1v) is 8.33. The van der Waals surface area contributed by atoms with Gasteiger partial charge in [0.25, 0.3) is 0 Å². The van der Waals surface area contributed by atoms with Crippen LogP contribution in [-0.4, -0.2) is 50.2 Å². The number of carbonyl (C=O) groups is 1. The number of benzene rings is 1. The average Bonchev–Trinajstić information content (AvgIpc) is 2.59. The average molecular weight is 333 g/mol. The van der Waals surface area contributed by atoms with Gasteiger partial charge in [0.1, 0.15) is 18.1 Å². The summed E-state index contributed by atoms with van der Waals surface area (Å²) >= 11 is 0. The van der Waals surface area contributed by atoms with E-state index < -0.39 is 0 Å². The van der Waals surface area contributed by atoms with Crippen LogP contribution in [0.15, 0.2) is 24.3 Å². The lowest BCUT2D eigenvalue weighted by Gasteiger charge is -2.20. The standard InChI is InChI=1S/C18H27N3O3/c1-4-21(13-15(3)12-19)14-18(22)20-10-11-24-17-8-6-16(7-9-17)23-5-2/h6-9,15H,4-5,10-11,13-14H2,1-3H3,(H,20,22). The maximum absolute atomic E-state index is 11.9. The summed E-state index contributed by atoms with van der Waals surface area (Å²) in [5, 5.41) is 11.7. The summed E-state index contributed by atoms with van der Waals surface area (Å²) in [6, 6.07) is 9.58. The molecule has 0 aliphatic heterocycles. The number of rotatable bonds is 11. The molecule has 0 spiro atoms. The number of nitrogens with one attached hydrogen (secondary N) is 1. The first-order chi connectivity index (χ1) is 11.6. The molecular formula is C18H27N3O3. The summed E-state index contributed by atoms with van der Waals surface area (Å²) in [7, 11) is 0. The van der Waals surface area contributed by atoms with Crippen LogP contribution in [0.4, 0.5) is 0 Å². The number of ether oxygens (including phenoxy) is 2. The second-order valence-corrected chi connectivity index (χ2v) is 5.46. The minimum Gasteiger partial charge on any atom is -0.494 e. The maximum Gasteiger partial charge on any atom is 0.234 e. The third kappa shape index (κ3) is 7.84. The van der Waals surface area contributed by atoms with Crippen molar-refractivity contribution in [2.75, 3.05) is 39.4 Å². The van der Waals surface area contributed by atoms with Crippen LogP contribution in [0.2, 0.25) is 0 Å². The van der Waals surface area contributed by atoms with Gasteiger partial charge in [0.15, 0.2) is 0 Å². The molecule has 132 valence electrons. The Morgan fingerprint density at radius 3 is 2.42 bits per heavy atom. The van der Waals surface area contributed by atoms with E-state index in [0.29, 0.717) is 32.8 Å². The minimum absolute atomic E-state index is 0.0581. The highest BCUT2D eigenvalue weighted by atomic mass is 16.5. The van der Waals surface area contributed by atoms with E-state index in [9.17, 15) is 4.79 Å². The zero-order valence-corrected chi connectivity index (χ0v) is 14.7. The Kier molecular flexibility index (Phi) is 9.32. The second kappa shape index (κ2) is 11.3. The Balaban J connectivity index is 2.24. The molecule has 1 atom stereocenters. The van der Waals surface area contributed by atoms with Crippen LogP contribution in [0.25, 0.3) is 0 Å². The van der Waals surface area contributed by atoms with Gasteiger partial charge in [-0.3, -0.25) is 9.69 Å². The molecular weight excluding hydrogens is 306 g/mol. The van der Waals surface area contributed by atoms with Gasteiger partial charge in [-0.2, -0.15) is 5.26 Å². The summed E-state index contributed by atoms with van der Waals surface area (Å²) in [6.45, 7) is 8.88. The third-order valence-corrected chi connectivity index (χ3v) is 3.39. The van der Waals surface area contributed by atoms with Crippen molar-refractivity contribution in [3.8, 4) is 17.6 Å². The Bertz CT molecular complexity index is 525. The smallest absolute Gasteiger partial charge is 0.234 e. The lowest BCUT2D eigenvalue weighted by molar-refractivity contribution is -0.122. The van der Waals surface area contributed by atoms with Gasteiger partial charge in [-0.1, -0.05) is 6.92 Å². The molecule has 0 aromatic heterocycles. The molecule has 6 nitrogen and oxygen atoms in total. The molecule has 6 heteroatoms. The Hall–Kier alpha value is -2.26. The number of likely N-dealkylation sites (N-methyl/N-ethyl adjacent to an activating group) is 1. The van der Waals surface area contributed by atoms with E-state index in [1.54, 1.807) is 0 Å². The molecule has 1 aromatic carbocycles. The Labute approximate surface area is 144 Å². The van der Waals surface area contributed by atoms with E-state index >= 15 is 0 Å². The molecule has 0 aliphatic carbocycles. The van der Waals surface area contributed by atoms with Crippen molar-refractivity contribution in [1.82, 2.24) is 10.2 Å². The summed E-state index contributed by atoms with van der Waals surface area (Å²) in [5.74, 6) is 1.41. The monoisotopic (exact) mass is 333 g/mol. The van der Waals surface area contributed by atoms with Gasteiger partial charge in [-0.25, -0.2) is 0 Å². The Morgan fingerprint density at radius 2 is 1.88 bits per heavy atom. The van der Waals surface area contributed by atoms with Crippen LogP contribution in [0.5, 0.6) is 11.5 Å². The molecule has 0 aliphatic rings. The highest BCUT2D eigenvalue weighted by molar-refractivity contribution is 5.77. The third-order valence-electron chi connectivity index (χ3n) is 3.39. The van der Waals surface area contributed by atoms with Crippen molar-refractivity contribution < 1.29 is 14.3 Å². The molecule has 0 bridgehead atoms. The fraction of sp³-hybridized carbons (Fsp3) is 0.556. The molecule has 0 heterocycles. The minimum atomic E-state index is -0.0826. The van der Waals surface area contributed by atoms with Crippen LogP contribution in [0, 0.1) is 17.2 Å². The van der Waals surface area contributed by atoms with Crippen LogP contribution in [0.3, 0.4) is 0 Å². The number of nitrogens with zero attached hydrogens (tertiary/aromatic N) is 2. The van der Waals surface area contributed by atoms with E-state index in [1.165, 1.54) is 0 Å². The molecule has 0 fully saturated rings. The van der Waals surface area contributed by atoms with E-state index in [4.69, 9.17) is 14.7 Å². The van der Waals surface area contributed by atoms with Crippen molar-refractivity contribution in [3.63, 3.8) is 0 Å². The molecule has 1 N–H and O–H groups in total. The molecule has 1 aromatic rings. The van der Waals surface area contributed by atoms with Crippen LogP contribution >= 0.6 is 0 Å². The summed E-state index contributed by atoms with van der Waals surface area (Å²) < 4.78 is 10.9. The Morgan fingerprint density at radius 1 is 1.25 bits per heavy atom. The topological polar surface area (TPSA) is 74.6 Å². The number of amides is 1. The van der Waals surface area contributed by atoms with E-state index in [1.807, 2.05) is 49.9 Å². The van der Waals surface area contributed by atoms with Gasteiger partial charge in [-0.05, 0) is 44.7 Å². The van der Waals surface area contributed by atoms with Crippen LogP contribution in [-0.2, 0) is 4.79 Å². The van der Waals surface area contributed by atoms with Gasteiger partial charge in [0, 0.05) is 6.54 Å². The van der Waals surface area contributed by atoms with Crippen molar-refractivity contribution in [3.05, 3.63) is 24.3 Å². The van der Waals surface area contributed by atoms with Gasteiger partial charge in [0.05, 0.1) is 31.7 Å². The number of hydrogen-bond acceptors (Lipinski definition) is 5. The van der Waals surface area contributed by atoms with Gasteiger partial charge in [0.2, 0.25) is 5.91 Å². The predicted octanol–water partition coefficient (Wildman–Crippen LogP) is 2.06. The highest BCUT2D eigenvalue weighted by Crippen LogP contribution is 2.17. The number of carbonyl (C=O) groups excluding carboxylic acids is 1. The van der Waals surface area contributed by atoms with Crippen molar-refractivity contribution in [1.29, 1.82) is 5.26 Å². The predicted molar refractivity (Wildman–Crippen MR) is 93.0 cm³/mol. The fourth-order valence-corrected chi connectivity index (χ4v) is 2.15. The van der Waals surface area contributed by atoms with Gasteiger partial charge in [-0.15, -0.1) is 0 Å². The molecule has 1 unspecified atom stereocenters. The molecule has 0 saturated carbocycles. The summed E-state index contributed by atoms with van der Waals surface area (Å²) in [6.07, 6.45) is 0. The second-order valence-electron chi connectivity index (χ2n) is 5.46. The SMILES string of the molecule is CCOc1ccc(OCCNC(=O)CN(CC)CC(C)C#N)cc1. The maximum atomic E-state index is 11.9. The number of nitriles is 1. The lowest BCUT2D eigenvalue weighted by atomic mass is 10.2. The van der Waals surface area contributed by atoms with Gasteiger partial charge < -0.3 is 14.8 Å². The molecule has 0 saturated heterocycles. The van der Waals surface area contributed by atoms with Crippen LogP contribution < -0.4 is 14.8 Å². The van der Waals surface area contributed by atoms with Crippen molar-refractivity contribution >= 4 is 5.91 Å². The summed E-state index contributed by atoms with van der Waals surface area (Å²) in [4.78, 5) is 13.9. The zero-order valence-electron chi connectivity index (χ0n) is 14.7. The van der Waals surface area contributed by atoms with Crippen molar-refractivity contribution in [2.45, 2.75) is 20.8 Å². The number of hydrogen-bond donors (Lipinski definition) is 1. The molecule has 0 radical (unpaired) electrons. The van der Waals surface area contributed by atoms with E-state index in [-0.39, 0.29) is 11.8 Å². The molecule has 24 heavy (non-hydrogen) atoms. The van der Waals surface area contributed by atoms with E-state index in [0.717, 1.165) is 18.0 Å². The molecule has 1 rings (SSSR count). The fourth-order valence-electron chi connectivity index (χ4n) is 2.15. The lowest BCUT2D eigenvalue weighted by Crippen LogP contribution is -2.40. The first-order valence-electron chi connectivity index (χ1n) is 8.33. The van der Waals surface area contributed by atoms with Crippen LogP contribution in [0.1, 0.15) is 20.8 Å². The van der Waals surface area contributed by atoms with Gasteiger partial charge >= 0.3 is 0 Å². The summed E-state index contributed by atoms with van der Waals surface area (Å²) in [5.41, 5.74) is 0.